The standard InChI is InChI=1S/C16H17N5/c1-3-12-6-4-5-7-15(12)21-16(18-19-20-21)13-8-9-14(17)11(2)10-13/h4-10H,3,17H2,1-2H3. The van der Waals surface area contributed by atoms with Crippen LogP contribution in [-0.2, 0) is 6.42 Å². The van der Waals surface area contributed by atoms with Gasteiger partial charge in [0.1, 0.15) is 0 Å². The largest absolute Gasteiger partial charge is 0.399 e. The van der Waals surface area contributed by atoms with E-state index in [0.717, 1.165) is 34.7 Å². The van der Waals surface area contributed by atoms with Crippen molar-refractivity contribution in [3.05, 3.63) is 53.6 Å². The number of anilines is 1. The lowest BCUT2D eigenvalue weighted by Gasteiger charge is -2.10. The van der Waals surface area contributed by atoms with E-state index in [-0.39, 0.29) is 0 Å². The molecule has 0 atom stereocenters. The van der Waals surface area contributed by atoms with Gasteiger partial charge < -0.3 is 5.73 Å². The van der Waals surface area contributed by atoms with E-state index in [0.29, 0.717) is 0 Å². The maximum atomic E-state index is 5.88. The summed E-state index contributed by atoms with van der Waals surface area (Å²) in [7, 11) is 0. The molecule has 0 amide bonds. The van der Waals surface area contributed by atoms with E-state index in [4.69, 9.17) is 5.73 Å². The normalized spacial score (nSPS) is 10.8. The Morgan fingerprint density at radius 2 is 1.95 bits per heavy atom. The number of rotatable bonds is 3. The van der Waals surface area contributed by atoms with E-state index in [1.54, 1.807) is 4.68 Å². The summed E-state index contributed by atoms with van der Waals surface area (Å²) in [6.07, 6.45) is 0.927. The van der Waals surface area contributed by atoms with E-state index in [1.165, 1.54) is 5.56 Å². The average molecular weight is 279 g/mol. The molecule has 0 aliphatic rings. The molecule has 0 radical (unpaired) electrons. The summed E-state index contributed by atoms with van der Waals surface area (Å²) in [4.78, 5) is 0. The zero-order valence-electron chi connectivity index (χ0n) is 12.1. The molecule has 2 N–H and O–H groups in total. The van der Waals surface area contributed by atoms with Gasteiger partial charge >= 0.3 is 0 Å². The molecule has 1 heterocycles. The Balaban J connectivity index is 2.15. The summed E-state index contributed by atoms with van der Waals surface area (Å²) < 4.78 is 1.78. The van der Waals surface area contributed by atoms with Crippen molar-refractivity contribution in [2.75, 3.05) is 5.73 Å². The van der Waals surface area contributed by atoms with Gasteiger partial charge in [0.25, 0.3) is 0 Å². The van der Waals surface area contributed by atoms with E-state index < -0.39 is 0 Å². The number of hydrogen-bond acceptors (Lipinski definition) is 4. The van der Waals surface area contributed by atoms with Crippen LogP contribution in [0.3, 0.4) is 0 Å². The molecule has 106 valence electrons. The van der Waals surface area contributed by atoms with Crippen molar-refractivity contribution in [1.29, 1.82) is 0 Å². The van der Waals surface area contributed by atoms with E-state index in [2.05, 4.69) is 28.5 Å². The minimum absolute atomic E-state index is 0.721. The van der Waals surface area contributed by atoms with E-state index in [1.807, 2.05) is 43.3 Å². The molecule has 0 aliphatic carbocycles. The van der Waals surface area contributed by atoms with Gasteiger partial charge in [0, 0.05) is 11.3 Å². The quantitative estimate of drug-likeness (QED) is 0.748. The first kappa shape index (κ1) is 13.3. The number of benzene rings is 2. The highest BCUT2D eigenvalue weighted by atomic mass is 15.5. The molecule has 5 nitrogen and oxygen atoms in total. The van der Waals surface area contributed by atoms with Crippen molar-refractivity contribution >= 4 is 5.69 Å². The summed E-state index contributed by atoms with van der Waals surface area (Å²) in [5, 5.41) is 12.2. The maximum Gasteiger partial charge on any atom is 0.187 e. The number of para-hydroxylation sites is 1. The summed E-state index contributed by atoms with van der Waals surface area (Å²) in [5.74, 6) is 0.721. The third kappa shape index (κ3) is 2.38. The van der Waals surface area contributed by atoms with Crippen LogP contribution in [0.2, 0.25) is 0 Å². The SMILES string of the molecule is CCc1ccccc1-n1nnnc1-c1ccc(N)c(C)c1. The molecule has 0 aliphatic heterocycles. The number of aromatic nitrogens is 4. The molecule has 1 aromatic heterocycles. The molecular weight excluding hydrogens is 262 g/mol. The van der Waals surface area contributed by atoms with Crippen LogP contribution in [-0.4, -0.2) is 20.2 Å². The Hall–Kier alpha value is -2.69. The van der Waals surface area contributed by atoms with Crippen LogP contribution in [0, 0.1) is 6.92 Å². The van der Waals surface area contributed by atoms with Gasteiger partial charge in [0.2, 0.25) is 0 Å². The molecular formula is C16H17N5. The van der Waals surface area contributed by atoms with Gasteiger partial charge in [-0.2, -0.15) is 4.68 Å². The van der Waals surface area contributed by atoms with Crippen LogP contribution >= 0.6 is 0 Å². The number of nitrogens with zero attached hydrogens (tertiary/aromatic N) is 4. The number of tetrazole rings is 1. The molecule has 3 rings (SSSR count). The second-order valence-electron chi connectivity index (χ2n) is 4.97. The van der Waals surface area contributed by atoms with Crippen molar-refractivity contribution in [3.63, 3.8) is 0 Å². The Kier molecular flexibility index (Phi) is 3.39. The summed E-state index contributed by atoms with van der Waals surface area (Å²) in [6, 6.07) is 14.0. The first-order chi connectivity index (χ1) is 10.2. The monoisotopic (exact) mass is 279 g/mol. The number of nitrogens with two attached hydrogens (primary N) is 1. The summed E-state index contributed by atoms with van der Waals surface area (Å²) in [6.45, 7) is 4.10. The summed E-state index contributed by atoms with van der Waals surface area (Å²) in [5.41, 5.74) is 10.8. The molecule has 3 aromatic rings. The van der Waals surface area contributed by atoms with Gasteiger partial charge in [0.15, 0.2) is 5.82 Å². The van der Waals surface area contributed by atoms with Gasteiger partial charge in [-0.1, -0.05) is 25.1 Å². The van der Waals surface area contributed by atoms with Gasteiger partial charge in [0.05, 0.1) is 5.69 Å². The number of hydrogen-bond donors (Lipinski definition) is 1. The predicted octanol–water partition coefficient (Wildman–Crippen LogP) is 2.78. The van der Waals surface area contributed by atoms with E-state index in [9.17, 15) is 0 Å². The fourth-order valence-corrected chi connectivity index (χ4v) is 2.36. The van der Waals surface area contributed by atoms with Crippen LogP contribution < -0.4 is 5.73 Å². The molecule has 0 bridgehead atoms. The van der Waals surface area contributed by atoms with Crippen LogP contribution in [0.1, 0.15) is 18.1 Å². The van der Waals surface area contributed by atoms with Gasteiger partial charge in [-0.15, -0.1) is 5.10 Å². The third-order valence-electron chi connectivity index (χ3n) is 3.60. The van der Waals surface area contributed by atoms with Crippen molar-refractivity contribution in [2.24, 2.45) is 0 Å². The Morgan fingerprint density at radius 1 is 1.14 bits per heavy atom. The molecule has 0 fully saturated rings. The Bertz CT molecular complexity index is 776. The van der Waals surface area contributed by atoms with Crippen molar-refractivity contribution in [1.82, 2.24) is 20.2 Å². The third-order valence-corrected chi connectivity index (χ3v) is 3.60. The second kappa shape index (κ2) is 5.36. The zero-order chi connectivity index (χ0) is 14.8. The minimum Gasteiger partial charge on any atom is -0.399 e. The van der Waals surface area contributed by atoms with Crippen molar-refractivity contribution in [3.8, 4) is 17.1 Å². The first-order valence-electron chi connectivity index (χ1n) is 6.94. The zero-order valence-corrected chi connectivity index (χ0v) is 12.1. The molecule has 0 spiro atoms. The topological polar surface area (TPSA) is 69.6 Å². The lowest BCUT2D eigenvalue weighted by atomic mass is 10.1. The lowest BCUT2D eigenvalue weighted by Crippen LogP contribution is -2.03. The summed E-state index contributed by atoms with van der Waals surface area (Å²) >= 11 is 0. The predicted molar refractivity (Wildman–Crippen MR) is 83.1 cm³/mol. The average Bonchev–Trinajstić information content (AvgIpc) is 2.99. The van der Waals surface area contributed by atoms with Crippen LogP contribution in [0.25, 0.3) is 17.1 Å². The van der Waals surface area contributed by atoms with E-state index >= 15 is 0 Å². The second-order valence-corrected chi connectivity index (χ2v) is 4.97. The Labute approximate surface area is 123 Å². The van der Waals surface area contributed by atoms with Crippen LogP contribution in [0.4, 0.5) is 5.69 Å². The molecule has 21 heavy (non-hydrogen) atoms. The smallest absolute Gasteiger partial charge is 0.187 e. The lowest BCUT2D eigenvalue weighted by molar-refractivity contribution is 0.783. The number of nitrogen functional groups attached to an aromatic ring is 1. The minimum atomic E-state index is 0.721. The maximum absolute atomic E-state index is 5.88. The van der Waals surface area contributed by atoms with Crippen LogP contribution in [0.5, 0.6) is 0 Å². The van der Waals surface area contributed by atoms with Crippen molar-refractivity contribution in [2.45, 2.75) is 20.3 Å². The fraction of sp³-hybridized carbons (Fsp3) is 0.188. The van der Waals surface area contributed by atoms with Crippen molar-refractivity contribution < 1.29 is 0 Å². The molecule has 0 unspecified atom stereocenters. The molecule has 2 aromatic carbocycles. The Morgan fingerprint density at radius 3 is 2.71 bits per heavy atom. The van der Waals surface area contributed by atoms with Crippen LogP contribution in [0.15, 0.2) is 42.5 Å². The highest BCUT2D eigenvalue weighted by Crippen LogP contribution is 2.24. The molecule has 5 heteroatoms. The highest BCUT2D eigenvalue weighted by Gasteiger charge is 2.13. The van der Waals surface area contributed by atoms with Gasteiger partial charge in [-0.05, 0) is 59.2 Å². The fourth-order valence-electron chi connectivity index (χ4n) is 2.36. The first-order valence-corrected chi connectivity index (χ1v) is 6.94. The number of aryl methyl sites for hydroxylation is 2. The van der Waals surface area contributed by atoms with Gasteiger partial charge in [-0.25, -0.2) is 0 Å². The highest BCUT2D eigenvalue weighted by molar-refractivity contribution is 5.63. The molecule has 0 saturated heterocycles. The molecule has 0 saturated carbocycles. The van der Waals surface area contributed by atoms with Gasteiger partial charge in [-0.3, -0.25) is 0 Å².